The van der Waals surface area contributed by atoms with Crippen molar-refractivity contribution in [3.8, 4) is 0 Å². The van der Waals surface area contributed by atoms with E-state index in [9.17, 15) is 0 Å². The molecule has 1 aliphatic carbocycles. The van der Waals surface area contributed by atoms with Gasteiger partial charge in [0.25, 0.3) is 0 Å². The van der Waals surface area contributed by atoms with Crippen LogP contribution in [0.25, 0.3) is 6.08 Å². The molecule has 0 heterocycles. The van der Waals surface area contributed by atoms with Crippen molar-refractivity contribution in [1.82, 2.24) is 0 Å². The van der Waals surface area contributed by atoms with Gasteiger partial charge in [0.2, 0.25) is 8.32 Å². The first-order valence-corrected chi connectivity index (χ1v) is 10.1. The Kier molecular flexibility index (Phi) is 4.07. The number of allylic oxidation sites excluding steroid dienone is 3. The van der Waals surface area contributed by atoms with E-state index in [2.05, 4.69) is 62.1 Å². The van der Waals surface area contributed by atoms with Gasteiger partial charge in [-0.2, -0.15) is 0 Å². The van der Waals surface area contributed by atoms with Crippen molar-refractivity contribution in [3.63, 3.8) is 0 Å². The largest absolute Gasteiger partial charge is 0.548 e. The Morgan fingerprint density at radius 1 is 1.17 bits per heavy atom. The molecule has 0 N–H and O–H groups in total. The molecule has 0 amide bonds. The van der Waals surface area contributed by atoms with E-state index in [1.807, 2.05) is 6.07 Å². The summed E-state index contributed by atoms with van der Waals surface area (Å²) in [5, 5.41) is 0. The summed E-state index contributed by atoms with van der Waals surface area (Å²) < 4.78 is 6.05. The van der Waals surface area contributed by atoms with Gasteiger partial charge in [-0.3, -0.25) is 0 Å². The Bertz CT molecular complexity index is 440. The molecule has 1 nitrogen and oxygen atoms in total. The van der Waals surface area contributed by atoms with Gasteiger partial charge in [-0.15, -0.1) is 0 Å². The first kappa shape index (κ1) is 13.2. The lowest BCUT2D eigenvalue weighted by molar-refractivity contribution is 0.407. The Balaban J connectivity index is 1.95. The summed E-state index contributed by atoms with van der Waals surface area (Å²) in [7, 11) is -1.43. The summed E-state index contributed by atoms with van der Waals surface area (Å²) in [6.45, 7) is 6.71. The van der Waals surface area contributed by atoms with E-state index in [4.69, 9.17) is 4.43 Å². The highest BCUT2D eigenvalue weighted by atomic mass is 28.4. The highest BCUT2D eigenvalue weighted by molar-refractivity contribution is 6.70. The molecule has 2 heteroatoms. The monoisotopic (exact) mass is 258 g/mol. The van der Waals surface area contributed by atoms with E-state index < -0.39 is 8.32 Å². The van der Waals surface area contributed by atoms with Gasteiger partial charge in [0.15, 0.2) is 0 Å². The molecule has 0 saturated heterocycles. The SMILES string of the molecule is C[Si](C)(C)OC1=CC(/C=C\c2ccccc2)CC1. The predicted octanol–water partition coefficient (Wildman–Crippen LogP) is 4.85. The molecule has 0 fully saturated rings. The normalized spacial score (nSPS) is 20.2. The third-order valence-electron chi connectivity index (χ3n) is 2.90. The van der Waals surface area contributed by atoms with Crippen molar-refractivity contribution in [2.45, 2.75) is 32.5 Å². The average molecular weight is 258 g/mol. The summed E-state index contributed by atoms with van der Waals surface area (Å²) in [6, 6.07) is 10.5. The van der Waals surface area contributed by atoms with Gasteiger partial charge in [-0.05, 0) is 43.6 Å². The average Bonchev–Trinajstić information content (AvgIpc) is 2.73. The predicted molar refractivity (Wildman–Crippen MR) is 80.7 cm³/mol. The van der Waals surface area contributed by atoms with E-state index >= 15 is 0 Å². The fourth-order valence-corrected chi connectivity index (χ4v) is 3.10. The highest BCUT2D eigenvalue weighted by Crippen LogP contribution is 2.28. The first-order chi connectivity index (χ1) is 8.53. The van der Waals surface area contributed by atoms with E-state index in [-0.39, 0.29) is 0 Å². The molecule has 0 spiro atoms. The zero-order valence-electron chi connectivity index (χ0n) is 11.5. The van der Waals surface area contributed by atoms with Gasteiger partial charge in [0.05, 0.1) is 5.76 Å². The van der Waals surface area contributed by atoms with Gasteiger partial charge in [-0.1, -0.05) is 42.5 Å². The van der Waals surface area contributed by atoms with Crippen LogP contribution < -0.4 is 0 Å². The van der Waals surface area contributed by atoms with Gasteiger partial charge < -0.3 is 4.43 Å². The highest BCUT2D eigenvalue weighted by Gasteiger charge is 2.21. The molecule has 1 aromatic rings. The number of benzene rings is 1. The number of hydrogen-bond donors (Lipinski definition) is 0. The van der Waals surface area contributed by atoms with Gasteiger partial charge >= 0.3 is 0 Å². The quantitative estimate of drug-likeness (QED) is 0.702. The molecule has 18 heavy (non-hydrogen) atoms. The molecule has 1 atom stereocenters. The lowest BCUT2D eigenvalue weighted by Gasteiger charge is -2.19. The molecule has 1 unspecified atom stereocenters. The molecular formula is C16H22OSi. The van der Waals surface area contributed by atoms with Crippen LogP contribution in [0.4, 0.5) is 0 Å². The Morgan fingerprint density at radius 3 is 2.56 bits per heavy atom. The molecule has 2 rings (SSSR count). The van der Waals surface area contributed by atoms with E-state index in [0.29, 0.717) is 5.92 Å². The van der Waals surface area contributed by atoms with Crippen molar-refractivity contribution in [2.75, 3.05) is 0 Å². The van der Waals surface area contributed by atoms with Crippen molar-refractivity contribution >= 4 is 14.4 Å². The van der Waals surface area contributed by atoms with E-state index in [1.165, 1.54) is 17.7 Å². The van der Waals surface area contributed by atoms with Crippen LogP contribution >= 0.6 is 0 Å². The van der Waals surface area contributed by atoms with E-state index in [1.54, 1.807) is 0 Å². The number of hydrogen-bond acceptors (Lipinski definition) is 1. The molecule has 96 valence electrons. The molecule has 0 saturated carbocycles. The van der Waals surface area contributed by atoms with Crippen LogP contribution in [-0.4, -0.2) is 8.32 Å². The smallest absolute Gasteiger partial charge is 0.241 e. The number of rotatable bonds is 4. The molecule has 1 aliphatic rings. The van der Waals surface area contributed by atoms with Gasteiger partial charge in [0, 0.05) is 6.42 Å². The topological polar surface area (TPSA) is 9.23 Å². The summed E-state index contributed by atoms with van der Waals surface area (Å²) >= 11 is 0. The van der Waals surface area contributed by atoms with Crippen LogP contribution in [-0.2, 0) is 4.43 Å². The van der Waals surface area contributed by atoms with Crippen molar-refractivity contribution in [3.05, 3.63) is 53.8 Å². The maximum Gasteiger partial charge on any atom is 0.241 e. The molecule has 1 aromatic carbocycles. The minimum atomic E-state index is -1.43. The van der Waals surface area contributed by atoms with Crippen LogP contribution in [0.2, 0.25) is 19.6 Å². The van der Waals surface area contributed by atoms with Crippen LogP contribution in [0.1, 0.15) is 18.4 Å². The maximum absolute atomic E-state index is 6.05. The minimum Gasteiger partial charge on any atom is -0.548 e. The third kappa shape index (κ3) is 4.19. The minimum absolute atomic E-state index is 0.538. The third-order valence-corrected chi connectivity index (χ3v) is 3.77. The van der Waals surface area contributed by atoms with Gasteiger partial charge in [0.1, 0.15) is 0 Å². The summed E-state index contributed by atoms with van der Waals surface area (Å²) in [5.74, 6) is 1.74. The molecular weight excluding hydrogens is 236 g/mol. The summed E-state index contributed by atoms with van der Waals surface area (Å²) in [6.07, 6.45) is 9.06. The zero-order chi connectivity index (χ0) is 13.0. The maximum atomic E-state index is 6.05. The summed E-state index contributed by atoms with van der Waals surface area (Å²) in [4.78, 5) is 0. The van der Waals surface area contributed by atoms with Crippen molar-refractivity contribution in [2.24, 2.45) is 5.92 Å². The van der Waals surface area contributed by atoms with Crippen LogP contribution in [0.5, 0.6) is 0 Å². The Morgan fingerprint density at radius 2 is 1.89 bits per heavy atom. The molecule has 0 bridgehead atoms. The van der Waals surface area contributed by atoms with Crippen molar-refractivity contribution in [1.29, 1.82) is 0 Å². The molecule has 0 aliphatic heterocycles. The first-order valence-electron chi connectivity index (χ1n) is 6.66. The second-order valence-electron chi connectivity index (χ2n) is 5.82. The second kappa shape index (κ2) is 5.57. The van der Waals surface area contributed by atoms with E-state index in [0.717, 1.165) is 6.42 Å². The molecule has 0 radical (unpaired) electrons. The lowest BCUT2D eigenvalue weighted by atomic mass is 10.1. The zero-order valence-corrected chi connectivity index (χ0v) is 12.5. The van der Waals surface area contributed by atoms with Crippen LogP contribution in [0, 0.1) is 5.92 Å². The Labute approximate surface area is 111 Å². The fraction of sp³-hybridized carbons (Fsp3) is 0.375. The fourth-order valence-electron chi connectivity index (χ4n) is 2.14. The standard InChI is InChI=1S/C16H22OSi/c1-18(2,3)17-16-12-11-15(13-16)10-9-14-7-5-4-6-8-14/h4-10,13,15H,11-12H2,1-3H3/b10-9-. The molecule has 0 aromatic heterocycles. The second-order valence-corrected chi connectivity index (χ2v) is 10.2. The lowest BCUT2D eigenvalue weighted by Crippen LogP contribution is -2.24. The van der Waals surface area contributed by atoms with Crippen molar-refractivity contribution < 1.29 is 4.43 Å². The van der Waals surface area contributed by atoms with Crippen LogP contribution in [0.3, 0.4) is 0 Å². The summed E-state index contributed by atoms with van der Waals surface area (Å²) in [5.41, 5.74) is 1.27. The van der Waals surface area contributed by atoms with Crippen LogP contribution in [0.15, 0.2) is 48.2 Å². The van der Waals surface area contributed by atoms with Gasteiger partial charge in [-0.25, -0.2) is 0 Å². The Hall–Kier alpha value is -1.28.